The number of piperidine rings is 1. The van der Waals surface area contributed by atoms with E-state index in [1.54, 1.807) is 31.3 Å². The lowest BCUT2D eigenvalue weighted by Gasteiger charge is -2.47. The lowest BCUT2D eigenvalue weighted by molar-refractivity contribution is -0.220. The maximum atomic E-state index is 13.6. The van der Waals surface area contributed by atoms with Crippen LogP contribution < -0.4 is 4.74 Å². The maximum Gasteiger partial charge on any atom is 0.427 e. The Morgan fingerprint density at radius 2 is 1.85 bits per heavy atom. The van der Waals surface area contributed by atoms with Crippen molar-refractivity contribution >= 4 is 16.1 Å². The fourth-order valence-corrected chi connectivity index (χ4v) is 6.88. The fraction of sp³-hybridized carbons (Fsp3) is 0.731. The Morgan fingerprint density at radius 1 is 1.18 bits per heavy atom. The number of amides is 1. The van der Waals surface area contributed by atoms with Crippen LogP contribution in [0, 0.1) is 5.92 Å². The van der Waals surface area contributed by atoms with Crippen LogP contribution in [0.25, 0.3) is 0 Å². The Balaban J connectivity index is 1.27. The molecule has 3 aliphatic rings. The number of carbonyl (C=O) groups is 1. The van der Waals surface area contributed by atoms with Crippen molar-refractivity contribution in [1.82, 2.24) is 9.21 Å². The summed E-state index contributed by atoms with van der Waals surface area (Å²) in [5.74, 6) is 1.02. The Labute approximate surface area is 227 Å². The van der Waals surface area contributed by atoms with Gasteiger partial charge < -0.3 is 23.8 Å². The molecule has 1 unspecified atom stereocenters. The smallest absolute Gasteiger partial charge is 0.427 e. The van der Waals surface area contributed by atoms with Gasteiger partial charge in [-0.2, -0.15) is 13.2 Å². The normalized spacial score (nSPS) is 22.6. The van der Waals surface area contributed by atoms with Crippen molar-refractivity contribution < 1.29 is 45.3 Å². The second-order valence-electron chi connectivity index (χ2n) is 10.7. The third kappa shape index (κ3) is 7.99. The molecule has 1 spiro atoms. The summed E-state index contributed by atoms with van der Waals surface area (Å²) in [6.07, 6.45) is -4.52. The molecular weight excluding hydrogens is 541 g/mol. The van der Waals surface area contributed by atoms with Gasteiger partial charge in [-0.3, -0.25) is 0 Å². The molecule has 39 heavy (non-hydrogen) atoms. The number of sulfonamides is 1. The Bertz CT molecular complexity index is 1070. The van der Waals surface area contributed by atoms with Gasteiger partial charge in [0.25, 0.3) is 0 Å². The van der Waals surface area contributed by atoms with E-state index >= 15 is 0 Å². The topological polar surface area (TPSA) is 94.6 Å². The summed E-state index contributed by atoms with van der Waals surface area (Å²) in [6.45, 7) is -0.210. The van der Waals surface area contributed by atoms with E-state index in [1.807, 2.05) is 0 Å². The first-order valence-electron chi connectivity index (χ1n) is 13.2. The van der Waals surface area contributed by atoms with Gasteiger partial charge in [-0.1, -0.05) is 12.1 Å². The standard InChI is InChI=1S/C26H37F3N2O7S/c1-30(39(33,34)18-20-3-4-20)21-9-14-37-25(15-21)10-12-31(13-11-25)24(32)38-23(26(27,28)29)17-36-16-19-5-7-22(35-2)8-6-19/h5-8,20-21,23H,3-4,9-18H2,1-2H3/t21?,23-/m1/s1. The number of alkyl halides is 3. The fourth-order valence-electron chi connectivity index (χ4n) is 5.08. The van der Waals surface area contributed by atoms with Crippen LogP contribution in [0.4, 0.5) is 18.0 Å². The second kappa shape index (κ2) is 12.2. The largest absolute Gasteiger partial charge is 0.497 e. The quantitative estimate of drug-likeness (QED) is 0.415. The van der Waals surface area contributed by atoms with Crippen LogP contribution in [0.2, 0.25) is 0 Å². The SMILES string of the molecule is COc1ccc(COC[C@@H](OC(=O)N2CCC3(CC2)CC(N(C)S(=O)(=O)CC2CC2)CCO3)C(F)(F)F)cc1. The van der Waals surface area contributed by atoms with E-state index < -0.39 is 40.6 Å². The number of hydrogen-bond donors (Lipinski definition) is 0. The molecule has 0 bridgehead atoms. The molecule has 2 saturated heterocycles. The van der Waals surface area contributed by atoms with Gasteiger partial charge in [-0.15, -0.1) is 0 Å². The van der Waals surface area contributed by atoms with Gasteiger partial charge in [-0.25, -0.2) is 17.5 Å². The first-order chi connectivity index (χ1) is 18.4. The van der Waals surface area contributed by atoms with Gasteiger partial charge in [0.15, 0.2) is 0 Å². The number of rotatable bonds is 10. The van der Waals surface area contributed by atoms with Crippen molar-refractivity contribution in [1.29, 1.82) is 0 Å². The predicted molar refractivity (Wildman–Crippen MR) is 136 cm³/mol. The van der Waals surface area contributed by atoms with E-state index in [1.165, 1.54) is 16.3 Å². The van der Waals surface area contributed by atoms with E-state index in [2.05, 4.69) is 0 Å². The summed E-state index contributed by atoms with van der Waals surface area (Å²) >= 11 is 0. The third-order valence-electron chi connectivity index (χ3n) is 7.80. The second-order valence-corrected chi connectivity index (χ2v) is 12.8. The van der Waals surface area contributed by atoms with E-state index in [0.29, 0.717) is 43.6 Å². The molecule has 2 heterocycles. The zero-order valence-corrected chi connectivity index (χ0v) is 23.1. The highest BCUT2D eigenvalue weighted by atomic mass is 32.2. The van der Waals surface area contributed by atoms with Crippen LogP contribution in [-0.2, 0) is 30.8 Å². The summed E-state index contributed by atoms with van der Waals surface area (Å²) in [5, 5.41) is 0. The van der Waals surface area contributed by atoms with E-state index in [4.69, 9.17) is 18.9 Å². The van der Waals surface area contributed by atoms with Crippen LogP contribution in [0.3, 0.4) is 0 Å². The van der Waals surface area contributed by atoms with Crippen LogP contribution in [0.1, 0.15) is 44.1 Å². The van der Waals surface area contributed by atoms with Crippen LogP contribution in [0.5, 0.6) is 5.75 Å². The van der Waals surface area contributed by atoms with Gasteiger partial charge in [-0.05, 0) is 62.1 Å². The molecule has 1 saturated carbocycles. The molecule has 2 atom stereocenters. The Hall–Kier alpha value is -2.09. The lowest BCUT2D eigenvalue weighted by atomic mass is 9.82. The zero-order valence-electron chi connectivity index (χ0n) is 22.3. The summed E-state index contributed by atoms with van der Waals surface area (Å²) in [4.78, 5) is 13.9. The summed E-state index contributed by atoms with van der Waals surface area (Å²) in [5.41, 5.74) is 0.0367. The molecule has 13 heteroatoms. The van der Waals surface area contributed by atoms with E-state index in [-0.39, 0.29) is 37.4 Å². The molecule has 2 aliphatic heterocycles. The molecule has 4 rings (SSSR count). The van der Waals surface area contributed by atoms with E-state index in [0.717, 1.165) is 12.8 Å². The number of carbonyl (C=O) groups excluding carboxylic acids is 1. The van der Waals surface area contributed by atoms with Gasteiger partial charge in [0.2, 0.25) is 16.1 Å². The summed E-state index contributed by atoms with van der Waals surface area (Å²) in [7, 11) is -0.239. The maximum absolute atomic E-state index is 13.6. The highest BCUT2D eigenvalue weighted by molar-refractivity contribution is 7.89. The Kier molecular flexibility index (Phi) is 9.34. The minimum atomic E-state index is -4.79. The highest BCUT2D eigenvalue weighted by Crippen LogP contribution is 2.38. The molecule has 0 radical (unpaired) electrons. The first-order valence-corrected chi connectivity index (χ1v) is 14.8. The number of halogens is 3. The average Bonchev–Trinajstić information content (AvgIpc) is 3.71. The van der Waals surface area contributed by atoms with Crippen molar-refractivity contribution in [2.24, 2.45) is 5.92 Å². The van der Waals surface area contributed by atoms with E-state index in [9.17, 15) is 26.4 Å². The molecule has 0 aromatic heterocycles. The molecule has 3 fully saturated rings. The Morgan fingerprint density at radius 3 is 2.44 bits per heavy atom. The van der Waals surface area contributed by atoms with Crippen molar-refractivity contribution in [3.05, 3.63) is 29.8 Å². The summed E-state index contributed by atoms with van der Waals surface area (Å²) in [6, 6.07) is 6.49. The monoisotopic (exact) mass is 578 g/mol. The van der Waals surface area contributed by atoms with Crippen LogP contribution in [0.15, 0.2) is 24.3 Å². The first kappa shape index (κ1) is 29.9. The van der Waals surface area contributed by atoms with Crippen molar-refractivity contribution in [3.63, 3.8) is 0 Å². The molecule has 1 aromatic carbocycles. The predicted octanol–water partition coefficient (Wildman–Crippen LogP) is 3.96. The molecule has 0 N–H and O–H groups in total. The molecule has 1 amide bonds. The number of hydrogen-bond acceptors (Lipinski definition) is 7. The lowest BCUT2D eigenvalue weighted by Crippen LogP contribution is -2.55. The number of methoxy groups -OCH3 is 1. The van der Waals surface area contributed by atoms with Crippen molar-refractivity contribution in [3.8, 4) is 5.75 Å². The number of ether oxygens (including phenoxy) is 4. The molecule has 1 aliphatic carbocycles. The molecule has 9 nitrogen and oxygen atoms in total. The molecular formula is C26H37F3N2O7S. The van der Waals surface area contributed by atoms with Gasteiger partial charge in [0.1, 0.15) is 5.75 Å². The zero-order chi connectivity index (χ0) is 28.3. The van der Waals surface area contributed by atoms with Crippen LogP contribution in [-0.4, -0.2) is 93.9 Å². The average molecular weight is 579 g/mol. The van der Waals surface area contributed by atoms with Crippen LogP contribution >= 0.6 is 0 Å². The number of benzene rings is 1. The number of likely N-dealkylation sites (tertiary alicyclic amines) is 1. The van der Waals surface area contributed by atoms with Crippen molar-refractivity contribution in [2.45, 2.75) is 69.1 Å². The third-order valence-corrected chi connectivity index (χ3v) is 9.87. The molecule has 1 aromatic rings. The van der Waals surface area contributed by atoms with Gasteiger partial charge in [0.05, 0.1) is 31.7 Å². The van der Waals surface area contributed by atoms with Crippen molar-refractivity contribution in [2.75, 3.05) is 46.2 Å². The summed E-state index contributed by atoms with van der Waals surface area (Å²) < 4.78 is 88.9. The molecule has 220 valence electrons. The number of nitrogens with zero attached hydrogens (tertiary/aromatic N) is 2. The van der Waals surface area contributed by atoms with Gasteiger partial charge >= 0.3 is 12.3 Å². The minimum Gasteiger partial charge on any atom is -0.497 e. The minimum absolute atomic E-state index is 0.0797. The highest BCUT2D eigenvalue weighted by Gasteiger charge is 2.47. The van der Waals surface area contributed by atoms with Gasteiger partial charge in [0, 0.05) is 32.8 Å².